The van der Waals surface area contributed by atoms with Gasteiger partial charge in [0.15, 0.2) is 0 Å². The highest BCUT2D eigenvalue weighted by molar-refractivity contribution is 5.91. The zero-order valence-corrected chi connectivity index (χ0v) is 15.6. The summed E-state index contributed by atoms with van der Waals surface area (Å²) in [4.78, 5) is 50.4. The second-order valence-electron chi connectivity index (χ2n) is 6.69. The van der Waals surface area contributed by atoms with E-state index in [2.05, 4.69) is 5.32 Å². The Bertz CT molecular complexity index is 707. The molecule has 1 saturated heterocycles. The molecular formula is C19H25N3O5. The van der Waals surface area contributed by atoms with Crippen molar-refractivity contribution in [1.29, 1.82) is 0 Å². The normalized spacial score (nSPS) is 17.5. The van der Waals surface area contributed by atoms with Crippen molar-refractivity contribution in [2.75, 3.05) is 19.6 Å². The van der Waals surface area contributed by atoms with Gasteiger partial charge in [0.25, 0.3) is 0 Å². The second-order valence-corrected chi connectivity index (χ2v) is 6.69. The van der Waals surface area contributed by atoms with Gasteiger partial charge in [-0.3, -0.25) is 14.4 Å². The van der Waals surface area contributed by atoms with E-state index in [-0.39, 0.29) is 43.8 Å². The molecule has 8 heteroatoms. The van der Waals surface area contributed by atoms with E-state index in [0.29, 0.717) is 6.54 Å². The molecule has 27 heavy (non-hydrogen) atoms. The average molecular weight is 375 g/mol. The quantitative estimate of drug-likeness (QED) is 0.687. The minimum Gasteiger partial charge on any atom is -0.480 e. The van der Waals surface area contributed by atoms with Crippen molar-refractivity contribution in [3.8, 4) is 0 Å². The summed E-state index contributed by atoms with van der Waals surface area (Å²) in [5.41, 5.74) is 0.973. The van der Waals surface area contributed by atoms with Crippen LogP contribution in [-0.4, -0.2) is 64.3 Å². The number of aliphatic carboxylic acids is 1. The summed E-state index contributed by atoms with van der Waals surface area (Å²) in [7, 11) is 0. The van der Waals surface area contributed by atoms with Gasteiger partial charge in [-0.25, -0.2) is 4.79 Å². The standard InChI is InChI=1S/C19H25N3O5/c1-13(19(26)27)22(9-8-20-14(2)23)18(25)16-10-17(24)21(12-16)11-15-6-4-3-5-7-15/h3-7,13,16H,8-12H2,1-2H3,(H,20,23)(H,26,27). The lowest BCUT2D eigenvalue weighted by Crippen LogP contribution is -2.49. The Morgan fingerprint density at radius 1 is 1.30 bits per heavy atom. The third kappa shape index (κ3) is 5.54. The topological polar surface area (TPSA) is 107 Å². The lowest BCUT2D eigenvalue weighted by atomic mass is 10.1. The predicted molar refractivity (Wildman–Crippen MR) is 97.5 cm³/mol. The van der Waals surface area contributed by atoms with E-state index >= 15 is 0 Å². The minimum absolute atomic E-state index is 0.0641. The molecule has 146 valence electrons. The van der Waals surface area contributed by atoms with Gasteiger partial charge < -0.3 is 20.2 Å². The summed E-state index contributed by atoms with van der Waals surface area (Å²) >= 11 is 0. The third-order valence-corrected chi connectivity index (χ3v) is 4.61. The van der Waals surface area contributed by atoms with Crippen molar-refractivity contribution < 1.29 is 24.3 Å². The summed E-state index contributed by atoms with van der Waals surface area (Å²) in [6.45, 7) is 3.69. The van der Waals surface area contributed by atoms with Crippen molar-refractivity contribution in [3.63, 3.8) is 0 Å². The number of carbonyl (C=O) groups excluding carboxylic acids is 3. The number of likely N-dealkylation sites (tertiary alicyclic amines) is 1. The number of carboxylic acid groups (broad SMARTS) is 1. The monoisotopic (exact) mass is 375 g/mol. The largest absolute Gasteiger partial charge is 0.480 e. The van der Waals surface area contributed by atoms with Crippen LogP contribution in [0.2, 0.25) is 0 Å². The van der Waals surface area contributed by atoms with E-state index in [9.17, 15) is 24.3 Å². The van der Waals surface area contributed by atoms with Crippen LogP contribution in [0, 0.1) is 5.92 Å². The first kappa shape index (κ1) is 20.4. The van der Waals surface area contributed by atoms with Crippen LogP contribution in [-0.2, 0) is 25.7 Å². The highest BCUT2D eigenvalue weighted by Gasteiger charge is 2.38. The maximum Gasteiger partial charge on any atom is 0.326 e. The van der Waals surface area contributed by atoms with Crippen LogP contribution < -0.4 is 5.32 Å². The van der Waals surface area contributed by atoms with Crippen molar-refractivity contribution >= 4 is 23.7 Å². The number of amides is 3. The van der Waals surface area contributed by atoms with Crippen molar-refractivity contribution in [2.24, 2.45) is 5.92 Å². The maximum atomic E-state index is 12.9. The zero-order chi connectivity index (χ0) is 20.0. The van der Waals surface area contributed by atoms with Gasteiger partial charge in [-0.1, -0.05) is 30.3 Å². The minimum atomic E-state index is -1.13. The third-order valence-electron chi connectivity index (χ3n) is 4.61. The van der Waals surface area contributed by atoms with Gasteiger partial charge in [0.05, 0.1) is 5.92 Å². The molecule has 0 aliphatic carbocycles. The number of benzene rings is 1. The molecule has 0 radical (unpaired) electrons. The number of hydrogen-bond donors (Lipinski definition) is 2. The summed E-state index contributed by atoms with van der Waals surface area (Å²) in [6, 6.07) is 8.45. The van der Waals surface area contributed by atoms with Crippen molar-refractivity contribution in [3.05, 3.63) is 35.9 Å². The molecule has 0 saturated carbocycles. The summed E-state index contributed by atoms with van der Waals surface area (Å²) in [6.07, 6.45) is 0.0641. The van der Waals surface area contributed by atoms with Gasteiger partial charge in [0.2, 0.25) is 17.7 Å². The fourth-order valence-electron chi connectivity index (χ4n) is 3.11. The molecule has 2 unspecified atom stereocenters. The van der Waals surface area contributed by atoms with Crippen LogP contribution >= 0.6 is 0 Å². The van der Waals surface area contributed by atoms with Gasteiger partial charge in [0, 0.05) is 39.5 Å². The van der Waals surface area contributed by atoms with Crippen LogP contribution in [0.5, 0.6) is 0 Å². The molecule has 2 rings (SSSR count). The van der Waals surface area contributed by atoms with E-state index in [1.54, 1.807) is 4.90 Å². The van der Waals surface area contributed by atoms with Crippen LogP contribution in [0.3, 0.4) is 0 Å². The van der Waals surface area contributed by atoms with Crippen molar-refractivity contribution in [2.45, 2.75) is 32.9 Å². The first-order valence-corrected chi connectivity index (χ1v) is 8.89. The van der Waals surface area contributed by atoms with E-state index in [1.165, 1.54) is 18.7 Å². The molecule has 0 aromatic heterocycles. The Hall–Kier alpha value is -2.90. The van der Waals surface area contributed by atoms with Gasteiger partial charge >= 0.3 is 5.97 Å². The lowest BCUT2D eigenvalue weighted by molar-refractivity contribution is -0.151. The van der Waals surface area contributed by atoms with E-state index in [0.717, 1.165) is 5.56 Å². The van der Waals surface area contributed by atoms with Crippen LogP contribution in [0.1, 0.15) is 25.8 Å². The molecule has 0 spiro atoms. The molecular weight excluding hydrogens is 350 g/mol. The molecule has 1 fully saturated rings. The molecule has 2 N–H and O–H groups in total. The highest BCUT2D eigenvalue weighted by atomic mass is 16.4. The van der Waals surface area contributed by atoms with Crippen LogP contribution in [0.25, 0.3) is 0 Å². The molecule has 1 heterocycles. The van der Waals surface area contributed by atoms with Gasteiger partial charge in [0.1, 0.15) is 6.04 Å². The SMILES string of the molecule is CC(=O)NCCN(C(=O)C1CC(=O)N(Cc2ccccc2)C1)C(C)C(=O)O. The van der Waals surface area contributed by atoms with Crippen LogP contribution in [0.15, 0.2) is 30.3 Å². The fourth-order valence-corrected chi connectivity index (χ4v) is 3.11. The number of nitrogens with zero attached hydrogens (tertiary/aromatic N) is 2. The Kier molecular flexibility index (Phi) is 6.92. The molecule has 1 aromatic rings. The van der Waals surface area contributed by atoms with E-state index < -0.39 is 17.9 Å². The van der Waals surface area contributed by atoms with E-state index in [1.807, 2.05) is 30.3 Å². The number of carbonyl (C=O) groups is 4. The Balaban J connectivity index is 2.04. The van der Waals surface area contributed by atoms with Crippen molar-refractivity contribution in [1.82, 2.24) is 15.1 Å². The summed E-state index contributed by atoms with van der Waals surface area (Å²) in [5, 5.41) is 11.9. The zero-order valence-electron chi connectivity index (χ0n) is 15.6. The smallest absolute Gasteiger partial charge is 0.326 e. The summed E-state index contributed by atoms with van der Waals surface area (Å²) in [5.74, 6) is -2.46. The predicted octanol–water partition coefficient (Wildman–Crippen LogP) is 0.473. The number of hydrogen-bond acceptors (Lipinski definition) is 4. The molecule has 8 nitrogen and oxygen atoms in total. The number of rotatable bonds is 8. The first-order chi connectivity index (χ1) is 12.8. The summed E-state index contributed by atoms with van der Waals surface area (Å²) < 4.78 is 0. The molecule has 2 atom stereocenters. The average Bonchev–Trinajstić information content (AvgIpc) is 2.99. The molecule has 0 bridgehead atoms. The highest BCUT2D eigenvalue weighted by Crippen LogP contribution is 2.23. The molecule has 1 aliphatic heterocycles. The second kappa shape index (κ2) is 9.16. The van der Waals surface area contributed by atoms with Gasteiger partial charge in [-0.2, -0.15) is 0 Å². The number of nitrogens with one attached hydrogen (secondary N) is 1. The van der Waals surface area contributed by atoms with E-state index in [4.69, 9.17) is 0 Å². The van der Waals surface area contributed by atoms with Gasteiger partial charge in [-0.15, -0.1) is 0 Å². The number of carboxylic acids is 1. The molecule has 3 amide bonds. The fraction of sp³-hybridized carbons (Fsp3) is 0.474. The Morgan fingerprint density at radius 2 is 1.96 bits per heavy atom. The Morgan fingerprint density at radius 3 is 2.56 bits per heavy atom. The maximum absolute atomic E-state index is 12.9. The van der Waals surface area contributed by atoms with Gasteiger partial charge in [-0.05, 0) is 12.5 Å². The van der Waals surface area contributed by atoms with Crippen LogP contribution in [0.4, 0.5) is 0 Å². The Labute approximate surface area is 158 Å². The molecule has 1 aromatic carbocycles. The molecule has 1 aliphatic rings. The lowest BCUT2D eigenvalue weighted by Gasteiger charge is -2.29. The first-order valence-electron chi connectivity index (χ1n) is 8.89.